The third-order valence-corrected chi connectivity index (χ3v) is 4.17. The van der Waals surface area contributed by atoms with Gasteiger partial charge in [0.25, 0.3) is 0 Å². The summed E-state index contributed by atoms with van der Waals surface area (Å²) in [6, 6.07) is 6.00. The first kappa shape index (κ1) is 16.8. The second kappa shape index (κ2) is 8.76. The smallest absolute Gasteiger partial charge is 0.161 e. The van der Waals surface area contributed by atoms with E-state index in [4.69, 9.17) is 14.5 Å². The lowest BCUT2D eigenvalue weighted by Gasteiger charge is -2.10. The molecule has 5 heteroatoms. The lowest BCUT2D eigenvalue weighted by atomic mass is 10.2. The van der Waals surface area contributed by atoms with E-state index in [1.807, 2.05) is 18.2 Å². The van der Waals surface area contributed by atoms with Gasteiger partial charge in [-0.1, -0.05) is 13.8 Å². The molecule has 4 nitrogen and oxygen atoms in total. The summed E-state index contributed by atoms with van der Waals surface area (Å²) < 4.78 is 11.1. The first-order valence-electron chi connectivity index (χ1n) is 7.74. The number of hydrogen-bond donors (Lipinski definition) is 1. The zero-order valence-corrected chi connectivity index (χ0v) is 14.3. The van der Waals surface area contributed by atoms with Crippen LogP contribution in [-0.2, 0) is 6.42 Å². The molecule has 0 spiro atoms. The van der Waals surface area contributed by atoms with Gasteiger partial charge in [0, 0.05) is 23.9 Å². The summed E-state index contributed by atoms with van der Waals surface area (Å²) >= 11 is 1.67. The van der Waals surface area contributed by atoms with Crippen LogP contribution in [0, 0.1) is 0 Å². The third-order valence-electron chi connectivity index (χ3n) is 3.23. The van der Waals surface area contributed by atoms with Crippen LogP contribution in [-0.4, -0.2) is 31.8 Å². The maximum atomic E-state index is 5.69. The Morgan fingerprint density at radius 2 is 2.09 bits per heavy atom. The van der Waals surface area contributed by atoms with Crippen molar-refractivity contribution in [1.29, 1.82) is 0 Å². The summed E-state index contributed by atoms with van der Waals surface area (Å²) in [6.07, 6.45) is 1.94. The minimum Gasteiger partial charge on any atom is -0.493 e. The number of aromatic nitrogens is 1. The Bertz CT molecular complexity index is 584. The fraction of sp³-hybridized carbons (Fsp3) is 0.471. The predicted octanol–water partition coefficient (Wildman–Crippen LogP) is 3.76. The first-order valence-corrected chi connectivity index (χ1v) is 8.62. The Hall–Kier alpha value is -1.59. The highest BCUT2D eigenvalue weighted by Gasteiger charge is 2.10. The molecule has 2 aromatic rings. The van der Waals surface area contributed by atoms with Crippen LogP contribution < -0.4 is 14.8 Å². The average molecular weight is 320 g/mol. The predicted molar refractivity (Wildman–Crippen MR) is 92.1 cm³/mol. The van der Waals surface area contributed by atoms with E-state index in [2.05, 4.69) is 24.5 Å². The van der Waals surface area contributed by atoms with Crippen LogP contribution >= 0.6 is 11.3 Å². The Kier molecular flexibility index (Phi) is 6.68. The summed E-state index contributed by atoms with van der Waals surface area (Å²) in [4.78, 5) is 4.70. The molecule has 0 saturated carbocycles. The standard InChI is InChI=1S/C17H24N2O2S/c1-4-10-21-15-7-6-13(11-16(15)20-3)17-19-14(12-22-17)8-9-18-5-2/h6-7,11-12,18H,4-5,8-10H2,1-3H3. The highest BCUT2D eigenvalue weighted by atomic mass is 32.1. The molecule has 0 bridgehead atoms. The fourth-order valence-corrected chi connectivity index (χ4v) is 2.93. The van der Waals surface area contributed by atoms with Crippen molar-refractivity contribution in [3.05, 3.63) is 29.3 Å². The summed E-state index contributed by atoms with van der Waals surface area (Å²) in [5.41, 5.74) is 2.20. The van der Waals surface area contributed by atoms with Gasteiger partial charge in [0.1, 0.15) is 5.01 Å². The van der Waals surface area contributed by atoms with Gasteiger partial charge in [-0.2, -0.15) is 0 Å². The second-order valence-electron chi connectivity index (χ2n) is 4.96. The minimum absolute atomic E-state index is 0.696. The van der Waals surface area contributed by atoms with Gasteiger partial charge < -0.3 is 14.8 Å². The van der Waals surface area contributed by atoms with Crippen molar-refractivity contribution in [1.82, 2.24) is 10.3 Å². The van der Waals surface area contributed by atoms with Crippen LogP contribution in [0.1, 0.15) is 26.0 Å². The molecule has 1 aromatic heterocycles. The van der Waals surface area contributed by atoms with E-state index in [0.29, 0.717) is 6.61 Å². The number of hydrogen-bond acceptors (Lipinski definition) is 5. The highest BCUT2D eigenvalue weighted by molar-refractivity contribution is 7.13. The number of likely N-dealkylation sites (N-methyl/N-ethyl adjacent to an activating group) is 1. The summed E-state index contributed by atoms with van der Waals surface area (Å²) in [6.45, 7) is 6.86. The highest BCUT2D eigenvalue weighted by Crippen LogP contribution is 2.33. The van der Waals surface area contributed by atoms with E-state index in [9.17, 15) is 0 Å². The number of methoxy groups -OCH3 is 1. The maximum absolute atomic E-state index is 5.69. The average Bonchev–Trinajstić information content (AvgIpc) is 3.02. The van der Waals surface area contributed by atoms with Gasteiger partial charge in [0.15, 0.2) is 11.5 Å². The van der Waals surface area contributed by atoms with Crippen LogP contribution in [0.3, 0.4) is 0 Å². The lowest BCUT2D eigenvalue weighted by Crippen LogP contribution is -2.16. The van der Waals surface area contributed by atoms with Crippen molar-refractivity contribution in [3.63, 3.8) is 0 Å². The Labute approximate surface area is 136 Å². The number of nitrogens with zero attached hydrogens (tertiary/aromatic N) is 1. The van der Waals surface area contributed by atoms with E-state index in [0.717, 1.165) is 53.7 Å². The van der Waals surface area contributed by atoms with Crippen molar-refractivity contribution in [2.45, 2.75) is 26.7 Å². The largest absolute Gasteiger partial charge is 0.493 e. The molecule has 0 radical (unpaired) electrons. The van der Waals surface area contributed by atoms with E-state index in [-0.39, 0.29) is 0 Å². The van der Waals surface area contributed by atoms with Gasteiger partial charge in [0.2, 0.25) is 0 Å². The molecule has 1 aromatic carbocycles. The van der Waals surface area contributed by atoms with E-state index < -0.39 is 0 Å². The lowest BCUT2D eigenvalue weighted by molar-refractivity contribution is 0.294. The fourth-order valence-electron chi connectivity index (χ4n) is 2.08. The van der Waals surface area contributed by atoms with Gasteiger partial charge in [-0.25, -0.2) is 4.98 Å². The number of ether oxygens (including phenoxy) is 2. The van der Waals surface area contributed by atoms with Crippen LogP contribution in [0.5, 0.6) is 11.5 Å². The third kappa shape index (κ3) is 4.45. The van der Waals surface area contributed by atoms with Gasteiger partial charge in [-0.05, 0) is 31.2 Å². The summed E-state index contributed by atoms with van der Waals surface area (Å²) in [7, 11) is 1.67. The molecule has 120 valence electrons. The first-order chi connectivity index (χ1) is 10.8. The van der Waals surface area contributed by atoms with Gasteiger partial charge in [0.05, 0.1) is 19.4 Å². The van der Waals surface area contributed by atoms with Crippen LogP contribution in [0.25, 0.3) is 10.6 Å². The van der Waals surface area contributed by atoms with Gasteiger partial charge in [-0.3, -0.25) is 0 Å². The quantitative estimate of drug-likeness (QED) is 0.715. The summed E-state index contributed by atoms with van der Waals surface area (Å²) in [5.74, 6) is 1.55. The molecule has 0 aliphatic carbocycles. The van der Waals surface area contributed by atoms with Crippen molar-refractivity contribution >= 4 is 11.3 Å². The van der Waals surface area contributed by atoms with Crippen LogP contribution in [0.4, 0.5) is 0 Å². The minimum atomic E-state index is 0.696. The number of benzene rings is 1. The van der Waals surface area contributed by atoms with Gasteiger partial charge in [-0.15, -0.1) is 11.3 Å². The normalized spacial score (nSPS) is 10.7. The molecule has 0 fully saturated rings. The maximum Gasteiger partial charge on any atom is 0.161 e. The molecule has 1 heterocycles. The van der Waals surface area contributed by atoms with Crippen molar-refractivity contribution in [3.8, 4) is 22.1 Å². The zero-order valence-electron chi connectivity index (χ0n) is 13.5. The number of nitrogens with one attached hydrogen (secondary N) is 1. The van der Waals surface area contributed by atoms with Crippen LogP contribution in [0.2, 0.25) is 0 Å². The topological polar surface area (TPSA) is 43.4 Å². The molecule has 0 saturated heterocycles. The monoisotopic (exact) mass is 320 g/mol. The van der Waals surface area contributed by atoms with Crippen molar-refractivity contribution < 1.29 is 9.47 Å². The second-order valence-corrected chi connectivity index (χ2v) is 5.82. The number of thiazole rings is 1. The Balaban J connectivity index is 2.11. The molecular weight excluding hydrogens is 296 g/mol. The molecule has 0 amide bonds. The molecular formula is C17H24N2O2S. The van der Waals surface area contributed by atoms with Crippen molar-refractivity contribution in [2.24, 2.45) is 0 Å². The summed E-state index contributed by atoms with van der Waals surface area (Å²) in [5, 5.41) is 6.46. The van der Waals surface area contributed by atoms with E-state index in [1.165, 1.54) is 0 Å². The SMILES string of the molecule is CCCOc1ccc(-c2nc(CCNCC)cs2)cc1OC. The number of rotatable bonds is 9. The van der Waals surface area contributed by atoms with E-state index >= 15 is 0 Å². The Morgan fingerprint density at radius 1 is 1.23 bits per heavy atom. The molecule has 22 heavy (non-hydrogen) atoms. The van der Waals surface area contributed by atoms with Crippen molar-refractivity contribution in [2.75, 3.05) is 26.8 Å². The molecule has 0 aliphatic rings. The molecule has 0 unspecified atom stereocenters. The molecule has 0 aliphatic heterocycles. The zero-order chi connectivity index (χ0) is 15.8. The molecule has 2 rings (SSSR count). The van der Waals surface area contributed by atoms with Gasteiger partial charge >= 0.3 is 0 Å². The Morgan fingerprint density at radius 3 is 2.82 bits per heavy atom. The van der Waals surface area contributed by atoms with E-state index in [1.54, 1.807) is 18.4 Å². The molecule has 0 atom stereocenters. The van der Waals surface area contributed by atoms with Crippen LogP contribution in [0.15, 0.2) is 23.6 Å². The molecule has 1 N–H and O–H groups in total.